The molecule has 1 fully saturated rings. The van der Waals surface area contributed by atoms with Crippen molar-refractivity contribution in [2.45, 2.75) is 13.8 Å². The average Bonchev–Trinajstić information content (AvgIpc) is 2.65. The molecule has 1 aromatic heterocycles. The number of carbonyl (C=O) groups is 2. The zero-order chi connectivity index (χ0) is 17.8. The topological polar surface area (TPSA) is 78.4 Å². The van der Waals surface area contributed by atoms with Crippen molar-refractivity contribution in [1.82, 2.24) is 14.9 Å². The standard InChI is InChI=1S/C18H21N5O2/c1-13-3-4-14(2)16(11-13)20-17(25)15-5-6-19-18(21-15)23-9-7-22(12-24)8-10-23/h3-6,11-12H,7-10H2,1-2H3,(H,20,25). The maximum atomic E-state index is 12.5. The summed E-state index contributed by atoms with van der Waals surface area (Å²) in [7, 11) is 0. The lowest BCUT2D eigenvalue weighted by Gasteiger charge is -2.32. The van der Waals surface area contributed by atoms with Gasteiger partial charge in [0.15, 0.2) is 0 Å². The molecular weight excluding hydrogens is 318 g/mol. The van der Waals surface area contributed by atoms with Crippen molar-refractivity contribution in [2.75, 3.05) is 36.4 Å². The Hall–Kier alpha value is -2.96. The molecule has 130 valence electrons. The van der Waals surface area contributed by atoms with Crippen LogP contribution < -0.4 is 10.2 Å². The molecule has 0 bridgehead atoms. The average molecular weight is 339 g/mol. The Labute approximate surface area is 146 Å². The fourth-order valence-electron chi connectivity index (χ4n) is 2.71. The molecule has 1 aromatic carbocycles. The van der Waals surface area contributed by atoms with Gasteiger partial charge in [-0.3, -0.25) is 9.59 Å². The first-order valence-corrected chi connectivity index (χ1v) is 8.23. The fraction of sp³-hybridized carbons (Fsp3) is 0.333. The van der Waals surface area contributed by atoms with Gasteiger partial charge in [-0.25, -0.2) is 9.97 Å². The highest BCUT2D eigenvalue weighted by Crippen LogP contribution is 2.18. The summed E-state index contributed by atoms with van der Waals surface area (Å²) in [5, 5.41) is 2.91. The number of rotatable bonds is 4. The Morgan fingerprint density at radius 2 is 1.92 bits per heavy atom. The number of benzene rings is 1. The third-order valence-corrected chi connectivity index (χ3v) is 4.26. The molecule has 0 radical (unpaired) electrons. The number of hydrogen-bond acceptors (Lipinski definition) is 5. The lowest BCUT2D eigenvalue weighted by molar-refractivity contribution is -0.118. The van der Waals surface area contributed by atoms with E-state index in [2.05, 4.69) is 15.3 Å². The molecule has 0 aliphatic carbocycles. The number of aromatic nitrogens is 2. The smallest absolute Gasteiger partial charge is 0.274 e. The summed E-state index contributed by atoms with van der Waals surface area (Å²) in [6.45, 7) is 6.50. The molecule has 2 heterocycles. The molecule has 25 heavy (non-hydrogen) atoms. The highest BCUT2D eigenvalue weighted by Gasteiger charge is 2.19. The highest BCUT2D eigenvalue weighted by molar-refractivity contribution is 6.03. The Balaban J connectivity index is 1.73. The van der Waals surface area contributed by atoms with Crippen LogP contribution in [0.2, 0.25) is 0 Å². The summed E-state index contributed by atoms with van der Waals surface area (Å²) < 4.78 is 0. The lowest BCUT2D eigenvalue weighted by atomic mass is 10.1. The zero-order valence-electron chi connectivity index (χ0n) is 14.4. The van der Waals surface area contributed by atoms with E-state index in [0.29, 0.717) is 37.8 Å². The van der Waals surface area contributed by atoms with Crippen molar-refractivity contribution in [2.24, 2.45) is 0 Å². The number of piperazine rings is 1. The Morgan fingerprint density at radius 1 is 1.16 bits per heavy atom. The van der Waals surface area contributed by atoms with E-state index < -0.39 is 0 Å². The molecule has 0 spiro atoms. The number of nitrogens with zero attached hydrogens (tertiary/aromatic N) is 4. The second-order valence-corrected chi connectivity index (χ2v) is 6.14. The molecule has 1 aliphatic rings. The van der Waals surface area contributed by atoms with E-state index >= 15 is 0 Å². The van der Waals surface area contributed by atoms with Crippen LogP contribution in [0.15, 0.2) is 30.5 Å². The quantitative estimate of drug-likeness (QED) is 0.857. The van der Waals surface area contributed by atoms with Gasteiger partial charge in [0.2, 0.25) is 12.4 Å². The highest BCUT2D eigenvalue weighted by atomic mass is 16.2. The number of carbonyl (C=O) groups excluding carboxylic acids is 2. The van der Waals surface area contributed by atoms with Crippen LogP contribution in [0.4, 0.5) is 11.6 Å². The minimum absolute atomic E-state index is 0.260. The van der Waals surface area contributed by atoms with E-state index in [-0.39, 0.29) is 5.91 Å². The molecule has 1 saturated heterocycles. The van der Waals surface area contributed by atoms with Gasteiger partial charge in [-0.1, -0.05) is 12.1 Å². The predicted octanol–water partition coefficient (Wildman–Crippen LogP) is 1.62. The molecule has 1 aliphatic heterocycles. The van der Waals surface area contributed by atoms with Crippen LogP contribution >= 0.6 is 0 Å². The minimum Gasteiger partial charge on any atom is -0.342 e. The number of aryl methyl sites for hydroxylation is 2. The number of amides is 2. The zero-order valence-corrected chi connectivity index (χ0v) is 14.4. The van der Waals surface area contributed by atoms with Crippen molar-refractivity contribution in [3.8, 4) is 0 Å². The molecule has 0 saturated carbocycles. The van der Waals surface area contributed by atoms with Gasteiger partial charge in [0.1, 0.15) is 5.69 Å². The van der Waals surface area contributed by atoms with E-state index in [4.69, 9.17) is 0 Å². The van der Waals surface area contributed by atoms with Crippen molar-refractivity contribution in [3.05, 3.63) is 47.3 Å². The summed E-state index contributed by atoms with van der Waals surface area (Å²) >= 11 is 0. The monoisotopic (exact) mass is 339 g/mol. The van der Waals surface area contributed by atoms with Gasteiger partial charge in [0.25, 0.3) is 5.91 Å². The molecule has 7 nitrogen and oxygen atoms in total. The number of hydrogen-bond donors (Lipinski definition) is 1. The fourth-order valence-corrected chi connectivity index (χ4v) is 2.71. The molecule has 2 aromatic rings. The second kappa shape index (κ2) is 7.29. The Kier molecular flexibility index (Phi) is 4.92. The summed E-state index contributed by atoms with van der Waals surface area (Å²) in [6.07, 6.45) is 2.44. The van der Waals surface area contributed by atoms with Gasteiger partial charge in [0.05, 0.1) is 0 Å². The van der Waals surface area contributed by atoms with Crippen molar-refractivity contribution in [1.29, 1.82) is 0 Å². The Morgan fingerprint density at radius 3 is 2.64 bits per heavy atom. The van der Waals surface area contributed by atoms with Crippen LogP contribution in [-0.2, 0) is 4.79 Å². The first-order chi connectivity index (χ1) is 12.1. The first kappa shape index (κ1) is 16.9. The maximum Gasteiger partial charge on any atom is 0.274 e. The van der Waals surface area contributed by atoms with Crippen molar-refractivity contribution >= 4 is 24.0 Å². The third kappa shape index (κ3) is 3.93. The molecule has 1 N–H and O–H groups in total. The van der Waals surface area contributed by atoms with Gasteiger partial charge < -0.3 is 15.1 Å². The minimum atomic E-state index is -0.260. The number of nitrogens with one attached hydrogen (secondary N) is 1. The molecule has 7 heteroatoms. The van der Waals surface area contributed by atoms with Crippen molar-refractivity contribution < 1.29 is 9.59 Å². The molecule has 0 atom stereocenters. The largest absolute Gasteiger partial charge is 0.342 e. The summed E-state index contributed by atoms with van der Waals surface area (Å²) in [5.74, 6) is 0.253. The molecule has 0 unspecified atom stereocenters. The summed E-state index contributed by atoms with van der Waals surface area (Å²) in [4.78, 5) is 35.7. The van der Waals surface area contributed by atoms with Crippen LogP contribution in [0, 0.1) is 13.8 Å². The van der Waals surface area contributed by atoms with Gasteiger partial charge in [-0.05, 0) is 37.1 Å². The first-order valence-electron chi connectivity index (χ1n) is 8.23. The van der Waals surface area contributed by atoms with Gasteiger partial charge >= 0.3 is 0 Å². The van der Waals surface area contributed by atoms with Crippen LogP contribution in [0.25, 0.3) is 0 Å². The predicted molar refractivity (Wildman–Crippen MR) is 95.8 cm³/mol. The van der Waals surface area contributed by atoms with E-state index in [1.807, 2.05) is 36.9 Å². The summed E-state index contributed by atoms with van der Waals surface area (Å²) in [6, 6.07) is 7.52. The maximum absolute atomic E-state index is 12.5. The second-order valence-electron chi connectivity index (χ2n) is 6.14. The van der Waals surface area contributed by atoms with Crippen molar-refractivity contribution in [3.63, 3.8) is 0 Å². The van der Waals surface area contributed by atoms with Crippen LogP contribution in [0.1, 0.15) is 21.6 Å². The molecule has 2 amide bonds. The van der Waals surface area contributed by atoms with Crippen LogP contribution in [0.5, 0.6) is 0 Å². The lowest BCUT2D eigenvalue weighted by Crippen LogP contribution is -2.46. The van der Waals surface area contributed by atoms with E-state index in [0.717, 1.165) is 23.2 Å². The molecular formula is C18H21N5O2. The SMILES string of the molecule is Cc1ccc(C)c(NC(=O)c2ccnc(N3CCN(C=O)CC3)n2)c1. The van der Waals surface area contributed by atoms with Crippen LogP contribution in [0.3, 0.4) is 0 Å². The van der Waals surface area contributed by atoms with Gasteiger partial charge in [-0.2, -0.15) is 0 Å². The number of anilines is 2. The third-order valence-electron chi connectivity index (χ3n) is 4.26. The van der Waals surface area contributed by atoms with Crippen LogP contribution in [-0.4, -0.2) is 53.4 Å². The van der Waals surface area contributed by atoms with Gasteiger partial charge in [0, 0.05) is 38.1 Å². The van der Waals surface area contributed by atoms with E-state index in [1.54, 1.807) is 17.2 Å². The normalized spacial score (nSPS) is 14.3. The van der Waals surface area contributed by atoms with E-state index in [1.165, 1.54) is 0 Å². The summed E-state index contributed by atoms with van der Waals surface area (Å²) in [5.41, 5.74) is 3.18. The van der Waals surface area contributed by atoms with Gasteiger partial charge in [-0.15, -0.1) is 0 Å². The molecule has 3 rings (SSSR count). The Bertz CT molecular complexity index is 785. The van der Waals surface area contributed by atoms with E-state index in [9.17, 15) is 9.59 Å².